The lowest BCUT2D eigenvalue weighted by Gasteiger charge is -2.06. The number of carboxylic acids is 1. The fourth-order valence-electron chi connectivity index (χ4n) is 8.41. The zero-order chi connectivity index (χ0) is 57.0. The van der Waals surface area contributed by atoms with E-state index >= 15 is 0 Å². The molecule has 0 aliphatic carbocycles. The van der Waals surface area contributed by atoms with Gasteiger partial charge in [0.05, 0.1) is 43.3 Å². The summed E-state index contributed by atoms with van der Waals surface area (Å²) in [5.74, 6) is 8.01. The summed E-state index contributed by atoms with van der Waals surface area (Å²) in [5.41, 5.74) is 10.4. The molecule has 0 saturated carbocycles. The fraction of sp³-hybridized carbons (Fsp3) is 0.500. The van der Waals surface area contributed by atoms with Crippen LogP contribution in [0.5, 0.6) is 0 Å². The Hall–Kier alpha value is -7.07. The van der Waals surface area contributed by atoms with Gasteiger partial charge in [-0.2, -0.15) is 30.6 Å². The van der Waals surface area contributed by atoms with Gasteiger partial charge < -0.3 is 5.11 Å². The van der Waals surface area contributed by atoms with Crippen molar-refractivity contribution in [2.75, 3.05) is 0 Å². The first-order valence-electron chi connectivity index (χ1n) is 25.6. The van der Waals surface area contributed by atoms with E-state index < -0.39 is 5.97 Å². The van der Waals surface area contributed by atoms with Gasteiger partial charge in [0.1, 0.15) is 34.2 Å². The van der Waals surface area contributed by atoms with Gasteiger partial charge in [-0.15, -0.1) is 12.3 Å². The summed E-state index contributed by atoms with van der Waals surface area (Å²) in [6.45, 7) is 29.0. The number of aromatic nitrogens is 12. The second-order valence-electron chi connectivity index (χ2n) is 18.2. The van der Waals surface area contributed by atoms with Crippen LogP contribution >= 0.6 is 22.6 Å². The highest BCUT2D eigenvalue weighted by atomic mass is 127. The lowest BCUT2D eigenvalue weighted by Crippen LogP contribution is -2.10. The highest BCUT2D eigenvalue weighted by Gasteiger charge is 2.20. The third-order valence-electron chi connectivity index (χ3n) is 11.9. The fourth-order valence-corrected chi connectivity index (χ4v) is 9.18. The molecule has 0 saturated heterocycles. The summed E-state index contributed by atoms with van der Waals surface area (Å²) < 4.78 is 11.2. The summed E-state index contributed by atoms with van der Waals surface area (Å²) in [6.07, 6.45) is 11.7. The van der Waals surface area contributed by atoms with Gasteiger partial charge in [0, 0.05) is 92.3 Å². The van der Waals surface area contributed by atoms with Crippen molar-refractivity contribution in [1.82, 2.24) is 58.7 Å². The van der Waals surface area contributed by atoms with Gasteiger partial charge in [-0.25, -0.2) is 4.79 Å². The summed E-state index contributed by atoms with van der Waals surface area (Å²) in [7, 11) is 0. The predicted molar refractivity (Wildman–Crippen MR) is 300 cm³/mol. The zero-order valence-corrected chi connectivity index (χ0v) is 49.0. The predicted octanol–water partition coefficient (Wildman–Crippen LogP) is 9.81. The van der Waals surface area contributed by atoms with Crippen molar-refractivity contribution in [2.24, 2.45) is 0 Å². The quantitative estimate of drug-likeness (QED) is 0.0307. The van der Waals surface area contributed by atoms with Crippen LogP contribution in [0.2, 0.25) is 0 Å². The highest BCUT2D eigenvalue weighted by Crippen LogP contribution is 2.20. The Balaban J connectivity index is 0.000000279. The van der Waals surface area contributed by atoms with Crippen LogP contribution in [-0.4, -0.2) is 98.7 Å². The summed E-state index contributed by atoms with van der Waals surface area (Å²) in [5, 5.41) is 35.0. The minimum absolute atomic E-state index is 0.0142. The molecule has 0 aliphatic rings. The Morgan fingerprint density at radius 1 is 0.513 bits per heavy atom. The minimum Gasteiger partial charge on any atom is -0.477 e. The van der Waals surface area contributed by atoms with Gasteiger partial charge in [-0.3, -0.25) is 52.1 Å². The monoisotopic (exact) mass is 1150 g/mol. The molecule has 19 nitrogen and oxygen atoms in total. The molecule has 6 heterocycles. The van der Waals surface area contributed by atoms with Crippen LogP contribution in [0.3, 0.4) is 0 Å². The maximum absolute atomic E-state index is 11.9. The number of hydrogen-bond donors (Lipinski definition) is 1. The number of aromatic carboxylic acids is 1. The summed E-state index contributed by atoms with van der Waals surface area (Å²) in [6, 6.07) is 5.19. The number of ketones is 5. The molecule has 0 aromatic carbocycles. The van der Waals surface area contributed by atoms with Gasteiger partial charge in [0.15, 0.2) is 28.9 Å². The van der Waals surface area contributed by atoms with Crippen LogP contribution in [0.4, 0.5) is 0 Å². The highest BCUT2D eigenvalue weighted by molar-refractivity contribution is 14.1. The largest absolute Gasteiger partial charge is 0.477 e. The van der Waals surface area contributed by atoms with E-state index in [1.807, 2.05) is 55.4 Å². The Morgan fingerprint density at radius 2 is 0.934 bits per heavy atom. The molecule has 6 aromatic rings. The number of unbranched alkanes of at least 4 members (excludes halogenated alkanes) is 4. The van der Waals surface area contributed by atoms with Crippen molar-refractivity contribution in [1.29, 1.82) is 0 Å². The third-order valence-corrected chi connectivity index (χ3v) is 13.1. The molecule has 6 rings (SSSR count). The van der Waals surface area contributed by atoms with Gasteiger partial charge >= 0.3 is 5.97 Å². The standard InChI is InChI=1S/C19H24N4O2.C18H26N4O3.C11H14N2O.C8H11IN2O/c1-6-22-19(16(5)25)17(14(3)21-22)10-8-7-9-11-23-18(15(4)24)12-13(2)20-23;1-5-21-17(14(4)23)15(13(3)20-21)9-7-6-8-10-22-16(18(24)25)11-12(2)19-22;1-4-5-6-7-13-11(10(3)14)8-9(2)12-13;1-4-11-8(6(3)12)7(9)5(2)10-11/h12H,6-7,9,11H2,1-5H3;11H,5-10H2,1-4H3,(H,24,25);1,8H,5-7H2,2-3H3;4H2,1-3H3. The van der Waals surface area contributed by atoms with Gasteiger partial charge in [-0.1, -0.05) is 18.3 Å². The molecule has 20 heteroatoms. The van der Waals surface area contributed by atoms with E-state index in [0.717, 1.165) is 100 Å². The Morgan fingerprint density at radius 3 is 1.38 bits per heavy atom. The van der Waals surface area contributed by atoms with E-state index in [1.165, 1.54) is 6.92 Å². The van der Waals surface area contributed by atoms with Crippen molar-refractivity contribution in [3.63, 3.8) is 0 Å². The Bertz CT molecular complexity index is 3120. The number of carbonyl (C=O) groups excluding carboxylic acids is 5. The van der Waals surface area contributed by atoms with Crippen LogP contribution in [0.15, 0.2) is 18.2 Å². The number of hydrogen-bond acceptors (Lipinski definition) is 12. The van der Waals surface area contributed by atoms with E-state index in [-0.39, 0.29) is 34.6 Å². The van der Waals surface area contributed by atoms with Gasteiger partial charge in [-0.05, 0) is 135 Å². The van der Waals surface area contributed by atoms with E-state index in [4.69, 9.17) is 11.5 Å². The molecule has 0 radical (unpaired) electrons. The molecule has 408 valence electrons. The SMILES string of the molecule is C#CCCCn1nc(C)cc1C(C)=O.CCn1nc(C)c(C#CCCCn2nc(C)cc2C(C)=O)c1C(C)=O.CCn1nc(C)c(CCCCCn2nc(C)cc2C(=O)O)c1C(C)=O.CCn1nc(C)c(I)c1C(C)=O. The van der Waals surface area contributed by atoms with Crippen LogP contribution in [0.25, 0.3) is 0 Å². The van der Waals surface area contributed by atoms with Gasteiger partial charge in [0.2, 0.25) is 0 Å². The molecular formula is C56H75IN12O7. The second kappa shape index (κ2) is 30.5. The smallest absolute Gasteiger partial charge is 0.354 e. The molecule has 76 heavy (non-hydrogen) atoms. The van der Waals surface area contributed by atoms with E-state index in [9.17, 15) is 28.8 Å². The van der Waals surface area contributed by atoms with Crippen molar-refractivity contribution >= 4 is 57.5 Å². The molecule has 0 bridgehead atoms. The maximum atomic E-state index is 11.9. The van der Waals surface area contributed by atoms with Gasteiger partial charge in [0.25, 0.3) is 0 Å². The first kappa shape index (κ1) is 63.2. The molecule has 6 aromatic heterocycles. The van der Waals surface area contributed by atoms with E-state index in [1.54, 1.807) is 80.9 Å². The number of carboxylic acid groups (broad SMARTS) is 1. The Labute approximate surface area is 460 Å². The molecule has 0 fully saturated rings. The molecule has 0 aliphatic heterocycles. The van der Waals surface area contributed by atoms with Crippen molar-refractivity contribution in [3.8, 4) is 24.2 Å². The molecule has 0 unspecified atom stereocenters. The molecule has 1 N–H and O–H groups in total. The number of aryl methyl sites for hydroxylation is 12. The molecule has 0 amide bonds. The van der Waals surface area contributed by atoms with Crippen molar-refractivity contribution in [2.45, 2.75) is 188 Å². The zero-order valence-electron chi connectivity index (χ0n) is 46.9. The number of Topliss-reactive ketones (excluding diaryl/α,β-unsaturated/α-hetero) is 5. The molecular weight excluding hydrogens is 1080 g/mol. The van der Waals surface area contributed by atoms with Crippen LogP contribution < -0.4 is 0 Å². The first-order chi connectivity index (χ1) is 35.9. The molecule has 0 atom stereocenters. The molecule has 0 spiro atoms. The normalized spacial score (nSPS) is 10.5. The van der Waals surface area contributed by atoms with Crippen molar-refractivity contribution < 1.29 is 33.9 Å². The number of rotatable bonds is 21. The lowest BCUT2D eigenvalue weighted by molar-refractivity contribution is 0.0681. The van der Waals surface area contributed by atoms with Crippen LogP contribution in [0.1, 0.15) is 209 Å². The number of carbonyl (C=O) groups is 6. The summed E-state index contributed by atoms with van der Waals surface area (Å²) in [4.78, 5) is 68.9. The average Bonchev–Trinajstić information content (AvgIpc) is 4.21. The number of nitrogens with zero attached hydrogens (tertiary/aromatic N) is 12. The van der Waals surface area contributed by atoms with E-state index in [0.29, 0.717) is 67.5 Å². The number of halogens is 1. The van der Waals surface area contributed by atoms with E-state index in [2.05, 4.69) is 70.9 Å². The lowest BCUT2D eigenvalue weighted by atomic mass is 10.0. The van der Waals surface area contributed by atoms with Crippen molar-refractivity contribution in [3.05, 3.63) is 101 Å². The Kier molecular flexibility index (Phi) is 25.3. The number of terminal acetylenes is 1. The summed E-state index contributed by atoms with van der Waals surface area (Å²) >= 11 is 2.16. The second-order valence-corrected chi connectivity index (χ2v) is 19.3. The topological polar surface area (TPSA) is 230 Å². The van der Waals surface area contributed by atoms with Crippen LogP contribution in [-0.2, 0) is 45.7 Å². The van der Waals surface area contributed by atoms with Crippen LogP contribution in [0, 0.1) is 69.3 Å². The average molecular weight is 1160 g/mol. The first-order valence-corrected chi connectivity index (χ1v) is 26.7. The third kappa shape index (κ3) is 17.8. The maximum Gasteiger partial charge on any atom is 0.354 e. The minimum atomic E-state index is -0.950.